The minimum Gasteiger partial charge on any atom is -0.408 e. The molecule has 1 aromatic carbocycles. The molecule has 1 atom stereocenters. The van der Waals surface area contributed by atoms with Crippen LogP contribution in [0.2, 0.25) is 0 Å². The molecule has 0 bridgehead atoms. The maximum Gasteiger partial charge on any atom is 0.420 e. The van der Waals surface area contributed by atoms with Crippen molar-refractivity contribution < 1.29 is 18.4 Å². The van der Waals surface area contributed by atoms with E-state index in [1.165, 1.54) is 29.5 Å². The molecule has 4 aromatic rings. The first kappa shape index (κ1) is 27.2. The zero-order valence-corrected chi connectivity index (χ0v) is 23.0. The second kappa shape index (κ2) is 10.7. The topological polar surface area (TPSA) is 133 Å². The van der Waals surface area contributed by atoms with Gasteiger partial charge in [0, 0.05) is 5.56 Å². The number of nitrogens with zero attached hydrogens (tertiary/aromatic N) is 3. The summed E-state index contributed by atoms with van der Waals surface area (Å²) in [5.41, 5.74) is 9.49. The summed E-state index contributed by atoms with van der Waals surface area (Å²) in [5.74, 6) is -0.852. The summed E-state index contributed by atoms with van der Waals surface area (Å²) < 4.78 is 20.1. The lowest BCUT2D eigenvalue weighted by atomic mass is 9.89. The number of nitrogens with one attached hydrogen (secondary N) is 1. The zero-order chi connectivity index (χ0) is 28.7. The lowest BCUT2D eigenvalue weighted by Crippen LogP contribution is -2.20. The molecule has 1 unspecified atom stereocenters. The van der Waals surface area contributed by atoms with E-state index in [4.69, 9.17) is 10.2 Å². The van der Waals surface area contributed by atoms with Crippen LogP contribution in [-0.4, -0.2) is 26.3 Å². The molecule has 1 fully saturated rings. The Labute approximate surface area is 230 Å². The average Bonchev–Trinajstić information content (AvgIpc) is 3.54. The molecule has 0 saturated heterocycles. The van der Waals surface area contributed by atoms with Crippen molar-refractivity contribution in [2.75, 3.05) is 0 Å². The average molecular weight is 546 g/mol. The summed E-state index contributed by atoms with van der Waals surface area (Å²) in [6.45, 7) is 8.20. The molecule has 10 heteroatoms. The Morgan fingerprint density at radius 2 is 1.90 bits per heavy atom. The van der Waals surface area contributed by atoms with Gasteiger partial charge in [0.25, 0.3) is 11.8 Å². The predicted molar refractivity (Wildman–Crippen MR) is 148 cm³/mol. The van der Waals surface area contributed by atoms with E-state index in [0.29, 0.717) is 45.7 Å². The first-order valence-electron chi connectivity index (χ1n) is 13.4. The van der Waals surface area contributed by atoms with E-state index >= 15 is 0 Å². The molecule has 3 aromatic heterocycles. The van der Waals surface area contributed by atoms with Crippen molar-refractivity contribution in [2.45, 2.75) is 59.5 Å². The number of carbonyl (C=O) groups excluding carboxylic acids is 2. The van der Waals surface area contributed by atoms with Crippen LogP contribution in [0.1, 0.15) is 84.4 Å². The Morgan fingerprint density at radius 3 is 2.50 bits per heavy atom. The van der Waals surface area contributed by atoms with Crippen LogP contribution in [0.4, 0.5) is 4.39 Å². The number of rotatable bonds is 6. The van der Waals surface area contributed by atoms with E-state index in [0.717, 1.165) is 12.1 Å². The monoisotopic (exact) mass is 545 g/mol. The number of nitrogens with two attached hydrogens (primary N) is 1. The molecule has 1 aliphatic heterocycles. The van der Waals surface area contributed by atoms with Crippen molar-refractivity contribution in [3.63, 3.8) is 0 Å². The van der Waals surface area contributed by atoms with Gasteiger partial charge in [-0.15, -0.1) is 0 Å². The quantitative estimate of drug-likeness (QED) is 0.359. The maximum atomic E-state index is 13.2. The lowest BCUT2D eigenvalue weighted by molar-refractivity contribution is 0.0959. The van der Waals surface area contributed by atoms with Gasteiger partial charge in [-0.3, -0.25) is 24.1 Å². The summed E-state index contributed by atoms with van der Waals surface area (Å²) in [5, 5.41) is 2.86. The summed E-state index contributed by atoms with van der Waals surface area (Å²) in [4.78, 5) is 46.9. The molecule has 2 aliphatic rings. The van der Waals surface area contributed by atoms with E-state index in [2.05, 4.69) is 22.2 Å². The van der Waals surface area contributed by atoms with Gasteiger partial charge >= 0.3 is 5.76 Å². The molecule has 4 heterocycles. The molecule has 9 nitrogen and oxygen atoms in total. The fourth-order valence-corrected chi connectivity index (χ4v) is 4.82. The third-order valence-corrected chi connectivity index (χ3v) is 7.06. The molecule has 1 saturated carbocycles. The van der Waals surface area contributed by atoms with Crippen molar-refractivity contribution in [2.24, 2.45) is 17.6 Å². The van der Waals surface area contributed by atoms with E-state index in [1.807, 2.05) is 20.8 Å². The van der Waals surface area contributed by atoms with Gasteiger partial charge in [-0.1, -0.05) is 39.7 Å². The number of fused-ring (bicyclic) bond motifs is 2. The highest BCUT2D eigenvalue weighted by atomic mass is 19.1. The van der Waals surface area contributed by atoms with E-state index < -0.39 is 17.5 Å². The highest BCUT2D eigenvalue weighted by Crippen LogP contribution is 2.38. The van der Waals surface area contributed by atoms with E-state index in [-0.39, 0.29) is 35.6 Å². The van der Waals surface area contributed by atoms with Crippen LogP contribution in [0.25, 0.3) is 22.2 Å². The number of oxazole rings is 1. The van der Waals surface area contributed by atoms with Gasteiger partial charge < -0.3 is 15.5 Å². The summed E-state index contributed by atoms with van der Waals surface area (Å²) in [6.07, 6.45) is 4.55. The van der Waals surface area contributed by atoms with Gasteiger partial charge in [0.05, 0.1) is 52.5 Å². The standard InChI is InChI=1S/C26H24FN5O4.C4H8/c1-12(2)8-17-21(24(28)33)20(22-23(31-17)13(3)30-25(22)34)14-4-7-18-19(9-14)36-26(35)32(18)11-16-6-5-15(27)10-29-16;1-4-2-3-4/h4-7,9-10,12-13H,8,11H2,1-3H3,(H2,28,33)(H,30,34);4H,2-3H2,1H3. The van der Waals surface area contributed by atoms with Crippen molar-refractivity contribution >= 4 is 22.9 Å². The summed E-state index contributed by atoms with van der Waals surface area (Å²) >= 11 is 0. The first-order valence-corrected chi connectivity index (χ1v) is 13.4. The molecule has 40 heavy (non-hydrogen) atoms. The number of amides is 2. The van der Waals surface area contributed by atoms with Gasteiger partial charge in [-0.05, 0) is 55.0 Å². The normalized spacial score (nSPS) is 16.1. The van der Waals surface area contributed by atoms with Crippen molar-refractivity contribution in [3.8, 4) is 11.1 Å². The Morgan fingerprint density at radius 1 is 1.18 bits per heavy atom. The van der Waals surface area contributed by atoms with Gasteiger partial charge in [0.1, 0.15) is 5.82 Å². The van der Waals surface area contributed by atoms with Crippen LogP contribution in [0.3, 0.4) is 0 Å². The van der Waals surface area contributed by atoms with Crippen molar-refractivity contribution in [1.29, 1.82) is 0 Å². The second-order valence-corrected chi connectivity index (χ2v) is 11.0. The maximum absolute atomic E-state index is 13.2. The van der Waals surface area contributed by atoms with Crippen LogP contribution in [0.5, 0.6) is 0 Å². The Bertz CT molecular complexity index is 1670. The third kappa shape index (κ3) is 5.38. The Hall–Kier alpha value is -4.34. The third-order valence-electron chi connectivity index (χ3n) is 7.06. The van der Waals surface area contributed by atoms with Crippen LogP contribution in [0.15, 0.2) is 45.7 Å². The summed E-state index contributed by atoms with van der Waals surface area (Å²) in [6, 6.07) is 7.43. The number of halogens is 1. The van der Waals surface area contributed by atoms with Crippen LogP contribution >= 0.6 is 0 Å². The number of aromatic nitrogens is 3. The summed E-state index contributed by atoms with van der Waals surface area (Å²) in [7, 11) is 0. The highest BCUT2D eigenvalue weighted by Gasteiger charge is 2.35. The zero-order valence-electron chi connectivity index (χ0n) is 23.0. The van der Waals surface area contributed by atoms with Gasteiger partial charge in [-0.25, -0.2) is 9.18 Å². The highest BCUT2D eigenvalue weighted by molar-refractivity contribution is 6.11. The number of hydrogen-bond donors (Lipinski definition) is 2. The fraction of sp³-hybridized carbons (Fsp3) is 0.367. The molecular formula is C30H32FN5O4. The molecule has 2 amide bonds. The largest absolute Gasteiger partial charge is 0.420 e. The second-order valence-electron chi connectivity index (χ2n) is 11.0. The minimum absolute atomic E-state index is 0.0844. The van der Waals surface area contributed by atoms with Gasteiger partial charge in [0.15, 0.2) is 5.58 Å². The van der Waals surface area contributed by atoms with Gasteiger partial charge in [0.2, 0.25) is 0 Å². The fourth-order valence-electron chi connectivity index (χ4n) is 4.82. The minimum atomic E-state index is -0.690. The van der Waals surface area contributed by atoms with Crippen molar-refractivity contribution in [1.82, 2.24) is 19.9 Å². The molecule has 3 N–H and O–H groups in total. The molecule has 208 valence electrons. The van der Waals surface area contributed by atoms with Crippen LogP contribution < -0.4 is 16.8 Å². The number of pyridine rings is 2. The number of primary amides is 1. The lowest BCUT2D eigenvalue weighted by Gasteiger charge is -2.17. The number of hydrogen-bond acceptors (Lipinski definition) is 6. The van der Waals surface area contributed by atoms with Crippen LogP contribution in [0, 0.1) is 17.7 Å². The molecule has 0 spiro atoms. The van der Waals surface area contributed by atoms with Gasteiger partial charge in [-0.2, -0.15) is 0 Å². The molecule has 1 aliphatic carbocycles. The van der Waals surface area contributed by atoms with Crippen LogP contribution in [-0.2, 0) is 13.0 Å². The molecule has 6 rings (SSSR count). The number of benzene rings is 1. The first-order chi connectivity index (χ1) is 19.0. The van der Waals surface area contributed by atoms with Crippen molar-refractivity contribution in [3.05, 3.63) is 81.1 Å². The Kier molecular flexibility index (Phi) is 7.27. The molecular weight excluding hydrogens is 513 g/mol. The van der Waals surface area contributed by atoms with E-state index in [1.54, 1.807) is 18.2 Å². The molecule has 0 radical (unpaired) electrons. The Balaban J connectivity index is 0.000000741. The van der Waals surface area contributed by atoms with E-state index in [9.17, 15) is 18.8 Å². The number of carbonyl (C=O) groups is 2. The predicted octanol–water partition coefficient (Wildman–Crippen LogP) is 4.76. The SMILES string of the molecule is CC(C)Cc1nc2c(c(-c3ccc4c(c3)oc(=O)n4Cc3ccc(F)cn3)c1C(N)=O)C(=O)NC2C.CC1CC1. The smallest absolute Gasteiger partial charge is 0.408 e.